The predicted molar refractivity (Wildman–Crippen MR) is 78.4 cm³/mol. The van der Waals surface area contributed by atoms with Gasteiger partial charge in [-0.25, -0.2) is 4.98 Å². The Morgan fingerprint density at radius 2 is 2.11 bits per heavy atom. The fourth-order valence-corrected chi connectivity index (χ4v) is 2.45. The molecule has 4 nitrogen and oxygen atoms in total. The Balaban J connectivity index is 2.17. The second-order valence-corrected chi connectivity index (χ2v) is 5.10. The molecule has 2 rings (SSSR count). The molecule has 1 heterocycles. The van der Waals surface area contributed by atoms with E-state index < -0.39 is 0 Å². The number of nitrogens with two attached hydrogens (primary N) is 1. The summed E-state index contributed by atoms with van der Waals surface area (Å²) in [5.41, 5.74) is 8.93. The molecule has 0 saturated heterocycles. The second-order valence-electron chi connectivity index (χ2n) is 5.10. The minimum Gasteiger partial charge on any atom is -0.380 e. The maximum absolute atomic E-state index is 5.42. The first-order valence-electron chi connectivity index (χ1n) is 6.88. The summed E-state index contributed by atoms with van der Waals surface area (Å²) in [5, 5.41) is 0. The van der Waals surface area contributed by atoms with Crippen molar-refractivity contribution < 1.29 is 4.74 Å². The smallest absolute Gasteiger partial charge is 0.106 e. The molecule has 0 unspecified atom stereocenters. The maximum atomic E-state index is 5.42. The van der Waals surface area contributed by atoms with Gasteiger partial charge in [-0.05, 0) is 44.9 Å². The number of rotatable bonds is 6. The number of ether oxygens (including phenoxy) is 1. The number of hydrogen-bond acceptors (Lipinski definition) is 3. The predicted octanol–water partition coefficient (Wildman–Crippen LogP) is 2.44. The van der Waals surface area contributed by atoms with Gasteiger partial charge in [-0.15, -0.1) is 0 Å². The molecular formula is C15H23N3O. The van der Waals surface area contributed by atoms with Crippen LogP contribution >= 0.6 is 0 Å². The van der Waals surface area contributed by atoms with E-state index in [2.05, 4.69) is 48.5 Å². The molecular weight excluding hydrogens is 238 g/mol. The van der Waals surface area contributed by atoms with Gasteiger partial charge in [0.15, 0.2) is 0 Å². The summed E-state index contributed by atoms with van der Waals surface area (Å²) in [4.78, 5) is 4.64. The Morgan fingerprint density at radius 3 is 2.79 bits per heavy atom. The van der Waals surface area contributed by atoms with Crippen LogP contribution in [0.1, 0.15) is 31.3 Å². The van der Waals surface area contributed by atoms with E-state index in [9.17, 15) is 0 Å². The average molecular weight is 261 g/mol. The molecule has 0 aliphatic carbocycles. The van der Waals surface area contributed by atoms with Crippen molar-refractivity contribution in [3.63, 3.8) is 0 Å². The highest BCUT2D eigenvalue weighted by molar-refractivity contribution is 5.77. The van der Waals surface area contributed by atoms with Crippen molar-refractivity contribution >= 4 is 11.0 Å². The minimum atomic E-state index is 0.434. The first-order chi connectivity index (χ1) is 9.13. The number of hydrogen-bond donors (Lipinski definition) is 1. The lowest BCUT2D eigenvalue weighted by Crippen LogP contribution is -2.10. The Labute approximate surface area is 114 Å². The van der Waals surface area contributed by atoms with E-state index in [-0.39, 0.29) is 0 Å². The highest BCUT2D eigenvalue weighted by Gasteiger charge is 2.10. The van der Waals surface area contributed by atoms with E-state index >= 15 is 0 Å². The minimum absolute atomic E-state index is 0.434. The lowest BCUT2D eigenvalue weighted by atomic mass is 10.1. The van der Waals surface area contributed by atoms with Gasteiger partial charge in [0.2, 0.25) is 0 Å². The molecule has 0 bridgehead atoms. The van der Waals surface area contributed by atoms with Crippen LogP contribution in [-0.4, -0.2) is 29.3 Å². The van der Waals surface area contributed by atoms with Gasteiger partial charge in [-0.2, -0.15) is 0 Å². The van der Waals surface area contributed by atoms with Gasteiger partial charge < -0.3 is 15.0 Å². The molecule has 0 saturated carbocycles. The van der Waals surface area contributed by atoms with Gasteiger partial charge in [0.25, 0.3) is 0 Å². The maximum Gasteiger partial charge on any atom is 0.106 e. The molecule has 19 heavy (non-hydrogen) atoms. The van der Waals surface area contributed by atoms with Crippen LogP contribution in [0.2, 0.25) is 0 Å². The standard InChI is InChI=1S/C15H23N3O/c1-11(2)18-12(3)17-14-10-13(4-5-15(14)18)6-8-19-9-7-16/h4-5,10-11H,6-9,16H2,1-3H3. The van der Waals surface area contributed by atoms with Crippen molar-refractivity contribution in [3.8, 4) is 0 Å². The van der Waals surface area contributed by atoms with Gasteiger partial charge in [-0.1, -0.05) is 6.07 Å². The monoisotopic (exact) mass is 261 g/mol. The van der Waals surface area contributed by atoms with E-state index in [0.29, 0.717) is 25.8 Å². The molecule has 2 aromatic rings. The normalized spacial score (nSPS) is 11.6. The van der Waals surface area contributed by atoms with E-state index in [0.717, 1.165) is 17.8 Å². The third-order valence-corrected chi connectivity index (χ3v) is 3.24. The van der Waals surface area contributed by atoms with Crippen LogP contribution in [0.5, 0.6) is 0 Å². The van der Waals surface area contributed by atoms with Crippen LogP contribution < -0.4 is 5.73 Å². The first-order valence-corrected chi connectivity index (χ1v) is 6.88. The van der Waals surface area contributed by atoms with Gasteiger partial charge >= 0.3 is 0 Å². The SMILES string of the molecule is Cc1nc2cc(CCOCCN)ccc2n1C(C)C. The van der Waals surface area contributed by atoms with E-state index in [1.807, 2.05) is 0 Å². The third kappa shape index (κ3) is 3.14. The number of fused-ring (bicyclic) bond motifs is 1. The molecule has 4 heteroatoms. The second kappa shape index (κ2) is 6.17. The van der Waals surface area contributed by atoms with Crippen LogP contribution in [0, 0.1) is 6.92 Å². The quantitative estimate of drug-likeness (QED) is 0.813. The third-order valence-electron chi connectivity index (χ3n) is 3.24. The Kier molecular flexibility index (Phi) is 4.56. The number of aromatic nitrogens is 2. The van der Waals surface area contributed by atoms with Crippen molar-refractivity contribution in [2.75, 3.05) is 19.8 Å². The number of benzene rings is 1. The molecule has 0 aliphatic heterocycles. The molecule has 1 aromatic heterocycles. The molecule has 0 spiro atoms. The lowest BCUT2D eigenvalue weighted by Gasteiger charge is -2.10. The number of nitrogens with zero attached hydrogens (tertiary/aromatic N) is 2. The molecule has 0 radical (unpaired) electrons. The summed E-state index contributed by atoms with van der Waals surface area (Å²) in [6, 6.07) is 6.91. The topological polar surface area (TPSA) is 53.1 Å². The summed E-state index contributed by atoms with van der Waals surface area (Å²) in [7, 11) is 0. The van der Waals surface area contributed by atoms with Crippen molar-refractivity contribution in [1.82, 2.24) is 9.55 Å². The Bertz CT molecular complexity index is 546. The number of aryl methyl sites for hydroxylation is 1. The zero-order valence-electron chi connectivity index (χ0n) is 12.0. The van der Waals surface area contributed by atoms with Crippen molar-refractivity contribution in [3.05, 3.63) is 29.6 Å². The fourth-order valence-electron chi connectivity index (χ4n) is 2.45. The lowest BCUT2D eigenvalue weighted by molar-refractivity contribution is 0.145. The summed E-state index contributed by atoms with van der Waals surface area (Å²) in [5.74, 6) is 1.07. The van der Waals surface area contributed by atoms with Crippen LogP contribution in [0.3, 0.4) is 0 Å². The molecule has 0 fully saturated rings. The molecule has 0 amide bonds. The van der Waals surface area contributed by atoms with Crippen LogP contribution in [0.25, 0.3) is 11.0 Å². The highest BCUT2D eigenvalue weighted by Crippen LogP contribution is 2.21. The summed E-state index contributed by atoms with van der Waals surface area (Å²) in [6.07, 6.45) is 0.906. The molecule has 104 valence electrons. The van der Waals surface area contributed by atoms with E-state index in [1.54, 1.807) is 0 Å². The highest BCUT2D eigenvalue weighted by atomic mass is 16.5. The van der Waals surface area contributed by atoms with E-state index in [1.165, 1.54) is 11.1 Å². The summed E-state index contributed by atoms with van der Waals surface area (Å²) in [6.45, 7) is 8.35. The van der Waals surface area contributed by atoms with Crippen molar-refractivity contribution in [1.29, 1.82) is 0 Å². The summed E-state index contributed by atoms with van der Waals surface area (Å²) >= 11 is 0. The first kappa shape index (κ1) is 14.0. The van der Waals surface area contributed by atoms with Gasteiger partial charge in [0, 0.05) is 12.6 Å². The van der Waals surface area contributed by atoms with Crippen molar-refractivity contribution in [2.45, 2.75) is 33.2 Å². The largest absolute Gasteiger partial charge is 0.380 e. The number of imidazole rings is 1. The summed E-state index contributed by atoms with van der Waals surface area (Å²) < 4.78 is 7.68. The Hall–Kier alpha value is -1.39. The molecule has 0 atom stereocenters. The molecule has 0 aliphatic rings. The van der Waals surface area contributed by atoms with E-state index in [4.69, 9.17) is 10.5 Å². The fraction of sp³-hybridized carbons (Fsp3) is 0.533. The van der Waals surface area contributed by atoms with Crippen LogP contribution in [0.4, 0.5) is 0 Å². The van der Waals surface area contributed by atoms with Crippen molar-refractivity contribution in [2.24, 2.45) is 5.73 Å². The van der Waals surface area contributed by atoms with Gasteiger partial charge in [-0.3, -0.25) is 0 Å². The van der Waals surface area contributed by atoms with Crippen LogP contribution in [0.15, 0.2) is 18.2 Å². The zero-order chi connectivity index (χ0) is 13.8. The Morgan fingerprint density at radius 1 is 1.32 bits per heavy atom. The van der Waals surface area contributed by atoms with Gasteiger partial charge in [0.1, 0.15) is 5.82 Å². The molecule has 1 aromatic carbocycles. The molecule has 2 N–H and O–H groups in total. The zero-order valence-corrected chi connectivity index (χ0v) is 12.0. The van der Waals surface area contributed by atoms with Crippen LogP contribution in [-0.2, 0) is 11.2 Å². The average Bonchev–Trinajstić information content (AvgIpc) is 2.69. The van der Waals surface area contributed by atoms with Gasteiger partial charge in [0.05, 0.1) is 24.2 Å².